The van der Waals surface area contributed by atoms with Crippen LogP contribution in [0.4, 0.5) is 0 Å². The second-order valence-electron chi connectivity index (χ2n) is 5.60. The molecule has 0 unspecified atom stereocenters. The van der Waals surface area contributed by atoms with Gasteiger partial charge in [0.25, 0.3) is 5.91 Å². The lowest BCUT2D eigenvalue weighted by molar-refractivity contribution is -0.123. The second-order valence-corrected chi connectivity index (χ2v) is 8.32. The fraction of sp³-hybridized carbons (Fsp3) is 0.316. The molecule has 0 saturated carbocycles. The Morgan fingerprint density at radius 3 is 2.54 bits per heavy atom. The first-order valence-corrected chi connectivity index (χ1v) is 10.1. The van der Waals surface area contributed by atoms with Crippen LogP contribution in [0.15, 0.2) is 54.6 Å². The molecule has 1 atom stereocenters. The summed E-state index contributed by atoms with van der Waals surface area (Å²) in [5.74, 6) is 3.04. The molecular weight excluding hydrogens is 338 g/mol. The molecular formula is C19H21NO2S2. The molecule has 1 amide bonds. The number of para-hydroxylation sites is 1. The number of rotatable bonds is 6. The fourth-order valence-corrected chi connectivity index (χ4v) is 5.50. The first-order valence-electron chi connectivity index (χ1n) is 8.03. The van der Waals surface area contributed by atoms with Crippen molar-refractivity contribution in [3.8, 4) is 5.75 Å². The van der Waals surface area contributed by atoms with Crippen LogP contribution in [0, 0.1) is 0 Å². The van der Waals surface area contributed by atoms with E-state index in [4.69, 9.17) is 4.74 Å². The van der Waals surface area contributed by atoms with Gasteiger partial charge in [-0.1, -0.05) is 48.5 Å². The average molecular weight is 360 g/mol. The molecule has 24 heavy (non-hydrogen) atoms. The van der Waals surface area contributed by atoms with E-state index in [1.807, 2.05) is 79.0 Å². The molecule has 1 heterocycles. The van der Waals surface area contributed by atoms with E-state index in [1.165, 1.54) is 17.1 Å². The van der Waals surface area contributed by atoms with E-state index >= 15 is 0 Å². The Labute approximate surface area is 151 Å². The van der Waals surface area contributed by atoms with Crippen LogP contribution in [0.1, 0.15) is 28.7 Å². The molecule has 2 aromatic rings. The van der Waals surface area contributed by atoms with Crippen molar-refractivity contribution in [3.63, 3.8) is 0 Å². The number of benzene rings is 2. The zero-order valence-electron chi connectivity index (χ0n) is 13.6. The van der Waals surface area contributed by atoms with Crippen molar-refractivity contribution < 1.29 is 9.53 Å². The smallest absolute Gasteiger partial charge is 0.258 e. The number of amides is 1. The Morgan fingerprint density at radius 1 is 1.12 bits per heavy atom. The van der Waals surface area contributed by atoms with Crippen LogP contribution < -0.4 is 10.1 Å². The SMILES string of the molecule is C[C@@H](NC(=O)COc1ccccc1C1SCCS1)c1ccccc1. The van der Waals surface area contributed by atoms with Crippen LogP contribution >= 0.6 is 23.5 Å². The molecule has 0 aliphatic carbocycles. The predicted molar refractivity (Wildman–Crippen MR) is 103 cm³/mol. The minimum atomic E-state index is -0.104. The van der Waals surface area contributed by atoms with Gasteiger partial charge in [-0.25, -0.2) is 0 Å². The molecule has 3 nitrogen and oxygen atoms in total. The third-order valence-electron chi connectivity index (χ3n) is 3.83. The first-order chi connectivity index (χ1) is 11.7. The van der Waals surface area contributed by atoms with E-state index in [0.717, 1.165) is 11.3 Å². The Hall–Kier alpha value is -1.59. The summed E-state index contributed by atoms with van der Waals surface area (Å²) in [6, 6.07) is 17.9. The van der Waals surface area contributed by atoms with Crippen LogP contribution in [0.25, 0.3) is 0 Å². The zero-order chi connectivity index (χ0) is 16.8. The summed E-state index contributed by atoms with van der Waals surface area (Å²) < 4.78 is 6.22. The molecule has 0 spiro atoms. The summed E-state index contributed by atoms with van der Waals surface area (Å²) in [6.07, 6.45) is 0. The number of carbonyl (C=O) groups is 1. The summed E-state index contributed by atoms with van der Waals surface area (Å²) in [7, 11) is 0. The molecule has 2 aromatic carbocycles. The van der Waals surface area contributed by atoms with Gasteiger partial charge in [0.2, 0.25) is 0 Å². The lowest BCUT2D eigenvalue weighted by Crippen LogP contribution is -2.31. The molecule has 3 rings (SSSR count). The highest BCUT2D eigenvalue weighted by molar-refractivity contribution is 8.19. The van der Waals surface area contributed by atoms with Gasteiger partial charge in [-0.15, -0.1) is 23.5 Å². The number of hydrogen-bond acceptors (Lipinski definition) is 4. The maximum absolute atomic E-state index is 12.2. The Morgan fingerprint density at radius 2 is 1.79 bits per heavy atom. The number of thioether (sulfide) groups is 2. The standard InChI is InChI=1S/C19H21NO2S2/c1-14(15-7-3-2-4-8-15)20-18(21)13-22-17-10-6-5-9-16(17)19-23-11-12-24-19/h2-10,14,19H,11-13H2,1H3,(H,20,21)/t14-/m1/s1. The first kappa shape index (κ1) is 17.2. The largest absolute Gasteiger partial charge is 0.483 e. The summed E-state index contributed by atoms with van der Waals surface area (Å²) in [5.41, 5.74) is 2.26. The number of nitrogens with one attached hydrogen (secondary N) is 1. The quantitative estimate of drug-likeness (QED) is 0.828. The van der Waals surface area contributed by atoms with Crippen LogP contribution in [0.5, 0.6) is 5.75 Å². The number of hydrogen-bond donors (Lipinski definition) is 1. The van der Waals surface area contributed by atoms with Crippen LogP contribution in [0.2, 0.25) is 0 Å². The van der Waals surface area contributed by atoms with Crippen LogP contribution in [0.3, 0.4) is 0 Å². The fourth-order valence-electron chi connectivity index (χ4n) is 2.60. The molecule has 1 aliphatic heterocycles. The molecule has 0 bridgehead atoms. The summed E-state index contributed by atoms with van der Waals surface area (Å²) in [6.45, 7) is 2.02. The van der Waals surface area contributed by atoms with Gasteiger partial charge in [0, 0.05) is 17.1 Å². The van der Waals surface area contributed by atoms with E-state index in [0.29, 0.717) is 4.58 Å². The van der Waals surface area contributed by atoms with Crippen LogP contribution in [-0.2, 0) is 4.79 Å². The highest BCUT2D eigenvalue weighted by Gasteiger charge is 2.22. The van der Waals surface area contributed by atoms with Crippen molar-refractivity contribution >= 4 is 29.4 Å². The van der Waals surface area contributed by atoms with Gasteiger partial charge in [0.05, 0.1) is 10.6 Å². The molecule has 1 N–H and O–H groups in total. The van der Waals surface area contributed by atoms with Crippen molar-refractivity contribution in [1.82, 2.24) is 5.32 Å². The van der Waals surface area contributed by atoms with Gasteiger partial charge in [-0.2, -0.15) is 0 Å². The van der Waals surface area contributed by atoms with E-state index in [1.54, 1.807) is 0 Å². The summed E-state index contributed by atoms with van der Waals surface area (Å²) in [4.78, 5) is 12.2. The molecule has 1 saturated heterocycles. The Kier molecular flexibility index (Phi) is 6.10. The number of ether oxygens (including phenoxy) is 1. The zero-order valence-corrected chi connectivity index (χ0v) is 15.2. The van der Waals surface area contributed by atoms with Crippen molar-refractivity contribution in [2.45, 2.75) is 17.5 Å². The summed E-state index contributed by atoms with van der Waals surface area (Å²) >= 11 is 3.87. The van der Waals surface area contributed by atoms with E-state index in [9.17, 15) is 4.79 Å². The maximum atomic E-state index is 12.2. The van der Waals surface area contributed by atoms with Gasteiger partial charge in [0.15, 0.2) is 6.61 Å². The molecule has 1 fully saturated rings. The van der Waals surface area contributed by atoms with Crippen molar-refractivity contribution in [1.29, 1.82) is 0 Å². The van der Waals surface area contributed by atoms with Gasteiger partial charge < -0.3 is 10.1 Å². The van der Waals surface area contributed by atoms with Crippen molar-refractivity contribution in [3.05, 3.63) is 65.7 Å². The number of carbonyl (C=O) groups excluding carboxylic acids is 1. The van der Waals surface area contributed by atoms with Crippen LogP contribution in [-0.4, -0.2) is 24.0 Å². The van der Waals surface area contributed by atoms with Gasteiger partial charge in [-0.05, 0) is 18.6 Å². The average Bonchev–Trinajstić information content (AvgIpc) is 3.15. The second kappa shape index (κ2) is 8.49. The molecule has 0 aromatic heterocycles. The predicted octanol–water partition coefficient (Wildman–Crippen LogP) is 4.42. The normalized spacial score (nSPS) is 15.9. The Balaban J connectivity index is 1.57. The van der Waals surface area contributed by atoms with E-state index < -0.39 is 0 Å². The van der Waals surface area contributed by atoms with Crippen molar-refractivity contribution in [2.24, 2.45) is 0 Å². The Bertz CT molecular complexity index is 672. The highest BCUT2D eigenvalue weighted by atomic mass is 32.2. The summed E-state index contributed by atoms with van der Waals surface area (Å²) in [5, 5.41) is 2.98. The monoisotopic (exact) mass is 359 g/mol. The van der Waals surface area contributed by atoms with Gasteiger partial charge >= 0.3 is 0 Å². The van der Waals surface area contributed by atoms with Gasteiger partial charge in [-0.3, -0.25) is 4.79 Å². The topological polar surface area (TPSA) is 38.3 Å². The lowest BCUT2D eigenvalue weighted by atomic mass is 10.1. The molecule has 1 aliphatic rings. The highest BCUT2D eigenvalue weighted by Crippen LogP contribution is 2.48. The molecule has 5 heteroatoms. The van der Waals surface area contributed by atoms with Gasteiger partial charge in [0.1, 0.15) is 5.75 Å². The van der Waals surface area contributed by atoms with E-state index in [-0.39, 0.29) is 18.6 Å². The lowest BCUT2D eigenvalue weighted by Gasteiger charge is -2.17. The minimum absolute atomic E-state index is 0.0292. The molecule has 126 valence electrons. The minimum Gasteiger partial charge on any atom is -0.483 e. The van der Waals surface area contributed by atoms with Crippen molar-refractivity contribution in [2.75, 3.05) is 18.1 Å². The molecule has 0 radical (unpaired) electrons. The third kappa shape index (κ3) is 4.48. The third-order valence-corrected chi connectivity index (χ3v) is 6.90. The van der Waals surface area contributed by atoms with E-state index in [2.05, 4.69) is 11.4 Å². The maximum Gasteiger partial charge on any atom is 0.258 e.